The van der Waals surface area contributed by atoms with Crippen LogP contribution in [0.2, 0.25) is 5.02 Å². The van der Waals surface area contributed by atoms with Crippen LogP contribution >= 0.6 is 23.4 Å². The van der Waals surface area contributed by atoms with Crippen LogP contribution in [0.15, 0.2) is 118 Å². The molecule has 0 N–H and O–H groups in total. The second kappa shape index (κ2) is 10.0. The molecule has 0 aliphatic heterocycles. The molecule has 0 amide bonds. The van der Waals surface area contributed by atoms with E-state index in [-0.39, 0.29) is 5.82 Å². The number of rotatable bonds is 6. The maximum Gasteiger partial charge on any atom is 0.276 e. The summed E-state index contributed by atoms with van der Waals surface area (Å²) in [6, 6.07) is 27.2. The van der Waals surface area contributed by atoms with Crippen LogP contribution in [0.4, 0.5) is 4.39 Å². The van der Waals surface area contributed by atoms with Crippen molar-refractivity contribution in [2.45, 2.75) is 9.79 Å². The maximum atomic E-state index is 13.5. The fourth-order valence-electron chi connectivity index (χ4n) is 3.70. The fraction of sp³-hybridized carbons (Fsp3) is 0. The zero-order valence-electron chi connectivity index (χ0n) is 19.1. The Hall–Kier alpha value is -4.27. The van der Waals surface area contributed by atoms with Gasteiger partial charge < -0.3 is 4.52 Å². The van der Waals surface area contributed by atoms with E-state index < -0.39 is 0 Å². The Balaban J connectivity index is 1.34. The molecule has 0 atom stereocenters. The van der Waals surface area contributed by atoms with Crippen LogP contribution in [0.5, 0.6) is 0 Å². The van der Waals surface area contributed by atoms with Crippen LogP contribution in [0.1, 0.15) is 0 Å². The summed E-state index contributed by atoms with van der Waals surface area (Å²) in [5, 5.41) is 9.61. The van der Waals surface area contributed by atoms with Crippen molar-refractivity contribution in [2.24, 2.45) is 0 Å². The first-order valence-electron chi connectivity index (χ1n) is 11.3. The highest BCUT2D eigenvalue weighted by Gasteiger charge is 2.16. The smallest absolute Gasteiger partial charge is 0.276 e. The predicted octanol–water partition coefficient (Wildman–Crippen LogP) is 7.60. The molecule has 180 valence electrons. The highest BCUT2D eigenvalue weighted by molar-refractivity contribution is 7.99. The van der Waals surface area contributed by atoms with E-state index in [9.17, 15) is 4.39 Å². The molecule has 0 aliphatic carbocycles. The monoisotopic (exact) mass is 525 g/mol. The largest absolute Gasteiger partial charge is 0.332 e. The first kappa shape index (κ1) is 23.1. The van der Waals surface area contributed by atoms with E-state index in [1.165, 1.54) is 12.1 Å². The molecule has 0 radical (unpaired) electrons. The van der Waals surface area contributed by atoms with E-state index in [2.05, 4.69) is 15.1 Å². The summed E-state index contributed by atoms with van der Waals surface area (Å²) < 4.78 is 20.6. The Labute approximate surface area is 220 Å². The molecule has 0 saturated heterocycles. The predicted molar refractivity (Wildman–Crippen MR) is 141 cm³/mol. The molecule has 6 nitrogen and oxygen atoms in total. The molecule has 0 saturated carbocycles. The van der Waals surface area contributed by atoms with Crippen molar-refractivity contribution in [1.29, 1.82) is 0 Å². The number of benzene rings is 3. The quantitative estimate of drug-likeness (QED) is 0.223. The Morgan fingerprint density at radius 3 is 2.32 bits per heavy atom. The number of pyridine rings is 1. The Morgan fingerprint density at radius 1 is 0.838 bits per heavy atom. The average molecular weight is 526 g/mol. The third-order valence-corrected chi connectivity index (χ3v) is 6.82. The number of nitrogens with zero attached hydrogens (tertiary/aromatic N) is 5. The van der Waals surface area contributed by atoms with Crippen molar-refractivity contribution in [3.8, 4) is 39.9 Å². The minimum atomic E-state index is -0.296. The van der Waals surface area contributed by atoms with Crippen LogP contribution in [0, 0.1) is 5.82 Å². The number of hydrogen-bond donors (Lipinski definition) is 0. The van der Waals surface area contributed by atoms with Crippen LogP contribution < -0.4 is 0 Å². The van der Waals surface area contributed by atoms with Gasteiger partial charge >= 0.3 is 0 Å². The first-order chi connectivity index (χ1) is 18.1. The third kappa shape index (κ3) is 5.02. The Morgan fingerprint density at radius 2 is 1.59 bits per heavy atom. The van der Waals surface area contributed by atoms with Crippen molar-refractivity contribution in [2.75, 3.05) is 0 Å². The number of aromatic nitrogens is 5. The number of hydrogen-bond acceptors (Lipinski definition) is 6. The number of halogens is 2. The van der Waals surface area contributed by atoms with Gasteiger partial charge in [0.2, 0.25) is 5.82 Å². The molecule has 6 aromatic rings. The molecule has 0 bridgehead atoms. The molecule has 9 heteroatoms. The molecule has 0 fully saturated rings. The normalized spacial score (nSPS) is 11.1. The highest BCUT2D eigenvalue weighted by atomic mass is 35.5. The van der Waals surface area contributed by atoms with E-state index in [0.717, 1.165) is 32.3 Å². The Kier molecular flexibility index (Phi) is 6.26. The van der Waals surface area contributed by atoms with Gasteiger partial charge in [0.05, 0.1) is 10.6 Å². The van der Waals surface area contributed by atoms with Crippen LogP contribution in [0.3, 0.4) is 0 Å². The third-order valence-electron chi connectivity index (χ3n) is 5.54. The second-order valence-corrected chi connectivity index (χ2v) is 9.59. The van der Waals surface area contributed by atoms with E-state index in [4.69, 9.17) is 21.2 Å². The lowest BCUT2D eigenvalue weighted by Crippen LogP contribution is -1.94. The summed E-state index contributed by atoms with van der Waals surface area (Å²) in [7, 11) is 0. The summed E-state index contributed by atoms with van der Waals surface area (Å²) in [6.07, 6.45) is 3.62. The topological polar surface area (TPSA) is 69.6 Å². The summed E-state index contributed by atoms with van der Waals surface area (Å²) >= 11 is 7.64. The van der Waals surface area contributed by atoms with Crippen molar-refractivity contribution in [1.82, 2.24) is 24.9 Å². The van der Waals surface area contributed by atoms with Gasteiger partial charge in [0.15, 0.2) is 0 Å². The van der Waals surface area contributed by atoms with Gasteiger partial charge in [-0.25, -0.2) is 9.07 Å². The average Bonchev–Trinajstić information content (AvgIpc) is 3.59. The van der Waals surface area contributed by atoms with Crippen molar-refractivity contribution >= 4 is 23.4 Å². The van der Waals surface area contributed by atoms with Crippen LogP contribution in [-0.4, -0.2) is 24.9 Å². The zero-order chi connectivity index (χ0) is 25.2. The van der Waals surface area contributed by atoms with E-state index in [1.54, 1.807) is 34.8 Å². The minimum absolute atomic E-state index is 0.296. The molecular formula is C28H17ClFN5OS. The lowest BCUT2D eigenvalue weighted by molar-refractivity contribution is 0.431. The molecular weight excluding hydrogens is 509 g/mol. The lowest BCUT2D eigenvalue weighted by Gasteiger charge is -2.04. The maximum absolute atomic E-state index is 13.5. The summed E-state index contributed by atoms with van der Waals surface area (Å²) in [4.78, 5) is 10.7. The molecule has 0 unspecified atom stereocenters. The first-order valence-corrected chi connectivity index (χ1v) is 12.5. The van der Waals surface area contributed by atoms with E-state index in [1.807, 2.05) is 72.9 Å². The van der Waals surface area contributed by atoms with Gasteiger partial charge in [-0.3, -0.25) is 4.98 Å². The standard InChI is InChI=1S/C28H17ClFN5OS/c29-20-8-14-23(15-9-20)37-25-17-35(22-12-10-21(30)11-13-22)33-26(25)18-4-6-19(7-5-18)27-32-28(36-34-27)24-3-1-2-16-31-24/h1-17H. The molecule has 0 spiro atoms. The molecule has 6 rings (SSSR count). The lowest BCUT2D eigenvalue weighted by atomic mass is 10.1. The van der Waals surface area contributed by atoms with Gasteiger partial charge in [0.25, 0.3) is 5.89 Å². The molecule has 0 aliphatic rings. The molecule has 3 aromatic heterocycles. The van der Waals surface area contributed by atoms with Crippen molar-refractivity contribution in [3.63, 3.8) is 0 Å². The van der Waals surface area contributed by atoms with Crippen LogP contribution in [-0.2, 0) is 0 Å². The summed E-state index contributed by atoms with van der Waals surface area (Å²) in [5.41, 5.74) is 3.89. The highest BCUT2D eigenvalue weighted by Crippen LogP contribution is 2.37. The van der Waals surface area contributed by atoms with Crippen molar-refractivity contribution in [3.05, 3.63) is 114 Å². The van der Waals surface area contributed by atoms with Gasteiger partial charge in [0, 0.05) is 33.4 Å². The zero-order valence-corrected chi connectivity index (χ0v) is 20.7. The molecule has 3 heterocycles. The molecule has 3 aromatic carbocycles. The van der Waals surface area contributed by atoms with Gasteiger partial charge in [-0.2, -0.15) is 10.1 Å². The van der Waals surface area contributed by atoms with E-state index in [0.29, 0.717) is 22.4 Å². The van der Waals surface area contributed by atoms with Gasteiger partial charge in [-0.15, -0.1) is 0 Å². The Bertz CT molecular complexity index is 1650. The van der Waals surface area contributed by atoms with Gasteiger partial charge in [-0.05, 0) is 60.7 Å². The second-order valence-electron chi connectivity index (χ2n) is 8.03. The summed E-state index contributed by atoms with van der Waals surface area (Å²) in [5.74, 6) is 0.536. The minimum Gasteiger partial charge on any atom is -0.332 e. The summed E-state index contributed by atoms with van der Waals surface area (Å²) in [6.45, 7) is 0. The van der Waals surface area contributed by atoms with E-state index >= 15 is 0 Å². The van der Waals surface area contributed by atoms with Crippen molar-refractivity contribution < 1.29 is 8.91 Å². The fourth-order valence-corrected chi connectivity index (χ4v) is 4.76. The van der Waals surface area contributed by atoms with Crippen LogP contribution in [0.25, 0.3) is 39.9 Å². The van der Waals surface area contributed by atoms with Gasteiger partial charge in [0.1, 0.15) is 17.2 Å². The SMILES string of the molecule is Fc1ccc(-n2cc(Sc3ccc(Cl)cc3)c(-c3ccc(-c4noc(-c5ccccn5)n4)cc3)n2)cc1. The van der Waals surface area contributed by atoms with Gasteiger partial charge in [-0.1, -0.05) is 58.9 Å². The molecule has 37 heavy (non-hydrogen) atoms.